The molecule has 0 bridgehead atoms. The number of hydrogen-bond donors (Lipinski definition) is 0. The molecule has 2 aromatic heterocycles. The Bertz CT molecular complexity index is 835. The Morgan fingerprint density at radius 3 is 2.67 bits per heavy atom. The van der Waals surface area contributed by atoms with Crippen LogP contribution in [0.4, 0.5) is 0 Å². The summed E-state index contributed by atoms with van der Waals surface area (Å²) in [6.07, 6.45) is 2.65. The molecule has 0 saturated heterocycles. The molecule has 0 radical (unpaired) electrons. The van der Waals surface area contributed by atoms with Crippen molar-refractivity contribution in [3.63, 3.8) is 0 Å². The third-order valence-electron chi connectivity index (χ3n) is 4.04. The van der Waals surface area contributed by atoms with Gasteiger partial charge in [0.05, 0.1) is 12.3 Å². The predicted octanol–water partition coefficient (Wildman–Crippen LogP) is 1.15. The summed E-state index contributed by atoms with van der Waals surface area (Å²) in [4.78, 5) is 32.0. The van der Waals surface area contributed by atoms with Crippen LogP contribution >= 0.6 is 11.6 Å². The van der Waals surface area contributed by atoms with Crippen LogP contribution in [-0.4, -0.2) is 24.9 Å². The average molecular weight is 306 g/mol. The van der Waals surface area contributed by atoms with Crippen molar-refractivity contribution in [3.8, 4) is 6.07 Å². The van der Waals surface area contributed by atoms with Crippen LogP contribution in [0.1, 0.15) is 25.7 Å². The van der Waals surface area contributed by atoms with Crippen molar-refractivity contribution in [1.82, 2.24) is 19.1 Å². The van der Waals surface area contributed by atoms with Gasteiger partial charge in [-0.1, -0.05) is 0 Å². The highest BCUT2D eigenvalue weighted by atomic mass is 35.5. The molecule has 108 valence electrons. The molecule has 2 aromatic rings. The van der Waals surface area contributed by atoms with Crippen molar-refractivity contribution in [3.05, 3.63) is 22.0 Å². The summed E-state index contributed by atoms with van der Waals surface area (Å²) in [6, 6.07) is 2.21. The first-order valence-corrected chi connectivity index (χ1v) is 6.90. The van der Waals surface area contributed by atoms with E-state index < -0.39 is 5.54 Å². The molecule has 1 aliphatic rings. The number of rotatable bonds is 1. The van der Waals surface area contributed by atoms with Crippen LogP contribution < -0.4 is 5.69 Å². The number of carbonyl (C=O) groups is 1. The van der Waals surface area contributed by atoms with E-state index in [2.05, 4.69) is 16.0 Å². The summed E-state index contributed by atoms with van der Waals surface area (Å²) >= 11 is 5.82. The van der Waals surface area contributed by atoms with Gasteiger partial charge in [-0.3, -0.25) is 13.9 Å². The molecule has 3 rings (SSSR count). The fraction of sp³-hybridized carbons (Fsp3) is 0.462. The first kappa shape index (κ1) is 13.8. The van der Waals surface area contributed by atoms with Gasteiger partial charge in [-0.25, -0.2) is 9.78 Å². The average Bonchev–Trinajstić information content (AvgIpc) is 2.72. The summed E-state index contributed by atoms with van der Waals surface area (Å²) in [5, 5.41) is 9.65. The number of carbonyl (C=O) groups excluding carboxylic acids is 1. The molecule has 0 unspecified atom stereocenters. The minimum Gasteiger partial charge on any atom is -0.300 e. The quantitative estimate of drug-likeness (QED) is 0.737. The highest BCUT2D eigenvalue weighted by molar-refractivity contribution is 6.28. The lowest BCUT2D eigenvalue weighted by atomic mass is 9.82. The molecule has 1 fully saturated rings. The minimum atomic E-state index is -1.05. The molecule has 1 saturated carbocycles. The molecule has 1 aliphatic carbocycles. The van der Waals surface area contributed by atoms with Gasteiger partial charge in [-0.05, 0) is 24.4 Å². The molecule has 0 aromatic carbocycles. The van der Waals surface area contributed by atoms with E-state index in [1.165, 1.54) is 15.3 Å². The van der Waals surface area contributed by atoms with Crippen molar-refractivity contribution in [2.45, 2.75) is 31.2 Å². The number of hydrogen-bond acceptors (Lipinski definition) is 5. The van der Waals surface area contributed by atoms with Crippen LogP contribution in [0.15, 0.2) is 11.0 Å². The molecule has 0 aliphatic heterocycles. The van der Waals surface area contributed by atoms with Crippen molar-refractivity contribution < 1.29 is 4.79 Å². The van der Waals surface area contributed by atoms with Gasteiger partial charge in [0, 0.05) is 19.9 Å². The van der Waals surface area contributed by atoms with Crippen molar-refractivity contribution >= 4 is 28.5 Å². The van der Waals surface area contributed by atoms with E-state index in [-0.39, 0.29) is 29.6 Å². The number of imidazole rings is 1. The third kappa shape index (κ3) is 1.94. The fourth-order valence-corrected chi connectivity index (χ4v) is 2.93. The van der Waals surface area contributed by atoms with E-state index in [0.717, 1.165) is 0 Å². The van der Waals surface area contributed by atoms with Gasteiger partial charge in [0.1, 0.15) is 16.8 Å². The van der Waals surface area contributed by atoms with Crippen LogP contribution in [0.3, 0.4) is 0 Å². The maximum absolute atomic E-state index is 12.5. The molecule has 0 amide bonds. The van der Waals surface area contributed by atoms with Crippen LogP contribution in [0.2, 0.25) is 5.28 Å². The van der Waals surface area contributed by atoms with Gasteiger partial charge in [0.25, 0.3) is 0 Å². The van der Waals surface area contributed by atoms with E-state index in [0.29, 0.717) is 24.0 Å². The zero-order valence-corrected chi connectivity index (χ0v) is 12.1. The summed E-state index contributed by atoms with van der Waals surface area (Å²) in [6.45, 7) is 0. The van der Waals surface area contributed by atoms with Gasteiger partial charge < -0.3 is 0 Å². The molecule has 0 atom stereocenters. The number of nitrogens with zero attached hydrogens (tertiary/aromatic N) is 5. The number of ketones is 1. The molecular formula is C13H12ClN5O2. The Labute approximate surface area is 124 Å². The Morgan fingerprint density at radius 1 is 1.38 bits per heavy atom. The number of fused-ring (bicyclic) bond motifs is 1. The van der Waals surface area contributed by atoms with E-state index in [4.69, 9.17) is 11.6 Å². The molecule has 21 heavy (non-hydrogen) atoms. The van der Waals surface area contributed by atoms with Crippen molar-refractivity contribution in [1.29, 1.82) is 5.26 Å². The fourth-order valence-electron chi connectivity index (χ4n) is 2.80. The second-order valence-corrected chi connectivity index (χ2v) is 5.55. The van der Waals surface area contributed by atoms with Crippen LogP contribution in [0, 0.1) is 11.3 Å². The van der Waals surface area contributed by atoms with Crippen LogP contribution in [-0.2, 0) is 17.4 Å². The third-order valence-corrected chi connectivity index (χ3v) is 4.23. The molecule has 8 heteroatoms. The topological polar surface area (TPSA) is 93.6 Å². The number of aromatic nitrogens is 4. The highest BCUT2D eigenvalue weighted by Crippen LogP contribution is 2.34. The first-order valence-electron chi connectivity index (χ1n) is 6.52. The lowest BCUT2D eigenvalue weighted by molar-refractivity contribution is -0.121. The van der Waals surface area contributed by atoms with Gasteiger partial charge in [-0.15, -0.1) is 0 Å². The van der Waals surface area contributed by atoms with Crippen LogP contribution in [0.5, 0.6) is 0 Å². The monoisotopic (exact) mass is 305 g/mol. The lowest BCUT2D eigenvalue weighted by Gasteiger charge is -2.30. The van der Waals surface area contributed by atoms with E-state index >= 15 is 0 Å². The maximum atomic E-state index is 12.5. The Hall–Kier alpha value is -2.20. The van der Waals surface area contributed by atoms with Gasteiger partial charge in [-0.2, -0.15) is 10.2 Å². The Morgan fingerprint density at radius 2 is 2.05 bits per heavy atom. The number of halogens is 1. The molecule has 2 heterocycles. The maximum Gasteiger partial charge on any atom is 0.331 e. The van der Waals surface area contributed by atoms with Gasteiger partial charge in [0.2, 0.25) is 5.28 Å². The van der Waals surface area contributed by atoms with E-state index in [1.54, 1.807) is 7.05 Å². The predicted molar refractivity (Wildman–Crippen MR) is 74.8 cm³/mol. The van der Waals surface area contributed by atoms with Gasteiger partial charge >= 0.3 is 5.69 Å². The normalized spacial score (nSPS) is 17.9. The highest BCUT2D eigenvalue weighted by Gasteiger charge is 2.40. The van der Waals surface area contributed by atoms with E-state index in [9.17, 15) is 14.9 Å². The summed E-state index contributed by atoms with van der Waals surface area (Å²) in [5.41, 5.74) is -0.561. The standard InChI is InChI=1S/C13H12ClN5O2/c1-18-9-6-16-11(14)17-10(9)19(12(18)21)13(7-15)4-2-8(20)3-5-13/h6H,2-5H2,1H3. The SMILES string of the molecule is Cn1c(=O)n(C2(C#N)CCC(=O)CC2)c2nc(Cl)ncc21. The molecule has 0 N–H and O–H groups in total. The molecule has 7 nitrogen and oxygen atoms in total. The molecule has 0 spiro atoms. The second-order valence-electron chi connectivity index (χ2n) is 5.21. The van der Waals surface area contributed by atoms with Crippen molar-refractivity contribution in [2.24, 2.45) is 7.05 Å². The number of Topliss-reactive ketones (excluding diaryl/α,β-unsaturated/α-hetero) is 1. The summed E-state index contributed by atoms with van der Waals surface area (Å²) < 4.78 is 2.75. The largest absolute Gasteiger partial charge is 0.331 e. The lowest BCUT2D eigenvalue weighted by Crippen LogP contribution is -2.43. The number of nitriles is 1. The van der Waals surface area contributed by atoms with Crippen LogP contribution in [0.25, 0.3) is 11.2 Å². The van der Waals surface area contributed by atoms with E-state index in [1.807, 2.05) is 0 Å². The summed E-state index contributed by atoms with van der Waals surface area (Å²) in [7, 11) is 1.59. The smallest absolute Gasteiger partial charge is 0.300 e. The first-order chi connectivity index (χ1) is 9.98. The van der Waals surface area contributed by atoms with Crippen molar-refractivity contribution in [2.75, 3.05) is 0 Å². The zero-order chi connectivity index (χ0) is 15.2. The Kier molecular flexibility index (Phi) is 3.06. The summed E-state index contributed by atoms with van der Waals surface area (Å²) in [5.74, 6) is 0.113. The Balaban J connectivity index is 2.31. The second kappa shape index (κ2) is 4.67. The zero-order valence-electron chi connectivity index (χ0n) is 11.3. The molecular weight excluding hydrogens is 294 g/mol. The van der Waals surface area contributed by atoms with Gasteiger partial charge in [0.15, 0.2) is 5.65 Å². The number of aryl methyl sites for hydroxylation is 1. The minimum absolute atomic E-state index is 0.0156.